The summed E-state index contributed by atoms with van der Waals surface area (Å²) in [4.78, 5) is 0. The van der Waals surface area contributed by atoms with Crippen molar-refractivity contribution in [1.29, 1.82) is 0 Å². The Hall–Kier alpha value is -0.394. The molecule has 4 heteroatoms. The summed E-state index contributed by atoms with van der Waals surface area (Å²) in [6.07, 6.45) is 2.58. The molecule has 3 rings (SSSR count). The number of aliphatic hydroxyl groups is 2. The Bertz CT molecular complexity index is 545. The van der Waals surface area contributed by atoms with Crippen LogP contribution in [0.1, 0.15) is 34.1 Å². The third-order valence-electron chi connectivity index (χ3n) is 3.75. The first kappa shape index (κ1) is 19.7. The quantitative estimate of drug-likeness (QED) is 0.737. The van der Waals surface area contributed by atoms with Gasteiger partial charge in [-0.1, -0.05) is 64.5 Å². The predicted octanol–water partition coefficient (Wildman–Crippen LogP) is 4.10. The van der Waals surface area contributed by atoms with Crippen LogP contribution in [0, 0.1) is 0 Å². The van der Waals surface area contributed by atoms with Gasteiger partial charge in [0.05, 0.1) is 11.7 Å². The third kappa shape index (κ3) is 6.01. The summed E-state index contributed by atoms with van der Waals surface area (Å²) in [5.41, 5.74) is 0.123. The SMILES string of the molecule is Brc1ccccc1.OC1CCCC(O)(c2ccccc2)C1.[H-].[H-].[Mg+2]. The Morgan fingerprint density at radius 2 is 1.55 bits per heavy atom. The molecule has 1 saturated carbocycles. The van der Waals surface area contributed by atoms with E-state index in [0.717, 1.165) is 29.3 Å². The molecule has 2 N–H and O–H groups in total. The van der Waals surface area contributed by atoms with Crippen LogP contribution in [0.25, 0.3) is 0 Å². The zero-order valence-corrected chi connectivity index (χ0v) is 15.7. The molecule has 1 aliphatic rings. The molecule has 0 spiro atoms. The maximum atomic E-state index is 10.4. The number of hydrogen-bond acceptors (Lipinski definition) is 2. The summed E-state index contributed by atoms with van der Waals surface area (Å²) in [5.74, 6) is 0. The number of benzene rings is 2. The van der Waals surface area contributed by atoms with Gasteiger partial charge in [-0.2, -0.15) is 0 Å². The molecule has 22 heavy (non-hydrogen) atoms. The average Bonchev–Trinajstić information content (AvgIpc) is 2.49. The normalized spacial score (nSPS) is 23.7. The van der Waals surface area contributed by atoms with Crippen LogP contribution < -0.4 is 0 Å². The maximum absolute atomic E-state index is 10.4. The van der Waals surface area contributed by atoms with Gasteiger partial charge in [0.15, 0.2) is 0 Å². The van der Waals surface area contributed by atoms with Gasteiger partial charge < -0.3 is 13.1 Å². The second-order valence-electron chi connectivity index (χ2n) is 5.44. The first-order chi connectivity index (χ1) is 10.1. The Labute approximate surface area is 159 Å². The predicted molar refractivity (Wildman–Crippen MR) is 96.9 cm³/mol. The van der Waals surface area contributed by atoms with E-state index >= 15 is 0 Å². The third-order valence-corrected chi connectivity index (χ3v) is 4.27. The van der Waals surface area contributed by atoms with Crippen molar-refractivity contribution in [3.63, 3.8) is 0 Å². The van der Waals surface area contributed by atoms with Crippen LogP contribution in [0.15, 0.2) is 65.1 Å². The van der Waals surface area contributed by atoms with E-state index < -0.39 is 5.60 Å². The summed E-state index contributed by atoms with van der Waals surface area (Å²) in [5, 5.41) is 19.9. The zero-order chi connectivity index (χ0) is 15.1. The second kappa shape index (κ2) is 9.68. The Balaban J connectivity index is 0. The first-order valence-corrected chi connectivity index (χ1v) is 8.06. The van der Waals surface area contributed by atoms with Crippen LogP contribution in [0.4, 0.5) is 0 Å². The van der Waals surface area contributed by atoms with Crippen molar-refractivity contribution in [2.45, 2.75) is 37.4 Å². The maximum Gasteiger partial charge on any atom is 2.00 e. The summed E-state index contributed by atoms with van der Waals surface area (Å²) in [7, 11) is 0. The standard InChI is InChI=1S/C12H16O2.C6H5Br.Mg.2H/c13-11-7-4-8-12(14,9-11)10-5-2-1-3-6-10;7-6-4-2-1-3-5-6;;;/h1-3,5-6,11,13-14H,4,7-9H2;1-5H;;;/q;;+2;2*-1. The molecule has 116 valence electrons. The zero-order valence-electron chi connectivity index (χ0n) is 14.7. The van der Waals surface area contributed by atoms with Gasteiger partial charge in [-0.05, 0) is 37.0 Å². The Morgan fingerprint density at radius 1 is 1.00 bits per heavy atom. The molecule has 1 fully saturated rings. The van der Waals surface area contributed by atoms with Crippen LogP contribution in [-0.2, 0) is 5.60 Å². The minimum absolute atomic E-state index is 0. The van der Waals surface area contributed by atoms with Crippen molar-refractivity contribution in [1.82, 2.24) is 0 Å². The van der Waals surface area contributed by atoms with Gasteiger partial charge in [0, 0.05) is 10.9 Å². The Kier molecular flexibility index (Phi) is 8.65. The van der Waals surface area contributed by atoms with E-state index in [1.807, 2.05) is 60.7 Å². The van der Waals surface area contributed by atoms with Crippen molar-refractivity contribution in [3.8, 4) is 0 Å². The summed E-state index contributed by atoms with van der Waals surface area (Å²) in [6.45, 7) is 0. The van der Waals surface area contributed by atoms with Crippen molar-refractivity contribution in [2.75, 3.05) is 0 Å². The molecule has 2 atom stereocenters. The van der Waals surface area contributed by atoms with Crippen LogP contribution >= 0.6 is 15.9 Å². The molecule has 2 aromatic rings. The van der Waals surface area contributed by atoms with Gasteiger partial charge in [-0.25, -0.2) is 0 Å². The fourth-order valence-corrected chi connectivity index (χ4v) is 2.95. The van der Waals surface area contributed by atoms with Gasteiger partial charge in [-0.3, -0.25) is 0 Å². The van der Waals surface area contributed by atoms with E-state index in [4.69, 9.17) is 0 Å². The minimum atomic E-state index is -0.807. The molecule has 0 amide bonds. The molecule has 0 radical (unpaired) electrons. The molecule has 2 unspecified atom stereocenters. The molecule has 0 bridgehead atoms. The fraction of sp³-hybridized carbons (Fsp3) is 0.333. The molecule has 0 aromatic heterocycles. The number of halogens is 1. The summed E-state index contributed by atoms with van der Waals surface area (Å²) < 4.78 is 1.13. The van der Waals surface area contributed by atoms with E-state index in [9.17, 15) is 10.2 Å². The summed E-state index contributed by atoms with van der Waals surface area (Å²) in [6, 6.07) is 19.6. The molecule has 1 aliphatic carbocycles. The monoisotopic (exact) mass is 374 g/mol. The van der Waals surface area contributed by atoms with Gasteiger partial charge in [0.1, 0.15) is 0 Å². The van der Waals surface area contributed by atoms with Crippen LogP contribution in [0.3, 0.4) is 0 Å². The first-order valence-electron chi connectivity index (χ1n) is 7.27. The van der Waals surface area contributed by atoms with Gasteiger partial charge in [-0.15, -0.1) is 0 Å². The smallest absolute Gasteiger partial charge is 1.00 e. The van der Waals surface area contributed by atoms with Crippen LogP contribution in [0.2, 0.25) is 0 Å². The number of rotatable bonds is 1. The van der Waals surface area contributed by atoms with E-state index in [1.54, 1.807) is 0 Å². The molecule has 0 saturated heterocycles. The molecular formula is C18H23BrMgO2. The van der Waals surface area contributed by atoms with Crippen molar-refractivity contribution in [3.05, 3.63) is 70.7 Å². The molecule has 2 nitrogen and oxygen atoms in total. The number of aliphatic hydroxyl groups excluding tert-OH is 1. The van der Waals surface area contributed by atoms with Crippen LogP contribution in [0.5, 0.6) is 0 Å². The molecule has 2 aromatic carbocycles. The molecule has 0 heterocycles. The average molecular weight is 376 g/mol. The van der Waals surface area contributed by atoms with Crippen molar-refractivity contribution in [2.24, 2.45) is 0 Å². The molecular weight excluding hydrogens is 352 g/mol. The Morgan fingerprint density at radius 3 is 2.00 bits per heavy atom. The van der Waals surface area contributed by atoms with Crippen molar-refractivity contribution >= 4 is 39.0 Å². The van der Waals surface area contributed by atoms with Gasteiger partial charge in [0.2, 0.25) is 0 Å². The van der Waals surface area contributed by atoms with E-state index in [0.29, 0.717) is 6.42 Å². The van der Waals surface area contributed by atoms with E-state index in [2.05, 4.69) is 15.9 Å². The van der Waals surface area contributed by atoms with E-state index in [-0.39, 0.29) is 32.0 Å². The minimum Gasteiger partial charge on any atom is -1.00 e. The largest absolute Gasteiger partial charge is 2.00 e. The second-order valence-corrected chi connectivity index (χ2v) is 6.36. The van der Waals surface area contributed by atoms with Crippen LogP contribution in [-0.4, -0.2) is 39.4 Å². The van der Waals surface area contributed by atoms with Gasteiger partial charge in [0.25, 0.3) is 0 Å². The van der Waals surface area contributed by atoms with Crippen molar-refractivity contribution < 1.29 is 13.1 Å². The topological polar surface area (TPSA) is 40.5 Å². The number of hydrogen-bond donors (Lipinski definition) is 2. The fourth-order valence-electron chi connectivity index (χ4n) is 2.65. The molecule has 0 aliphatic heterocycles. The summed E-state index contributed by atoms with van der Waals surface area (Å²) >= 11 is 3.31. The van der Waals surface area contributed by atoms with E-state index in [1.165, 1.54) is 0 Å². The van der Waals surface area contributed by atoms with Gasteiger partial charge >= 0.3 is 23.1 Å².